The van der Waals surface area contributed by atoms with Gasteiger partial charge in [-0.05, 0) is 24.1 Å². The third-order valence-corrected chi connectivity index (χ3v) is 2.34. The molecule has 1 rings (SSSR count). The summed E-state index contributed by atoms with van der Waals surface area (Å²) in [5.41, 5.74) is 1.52. The van der Waals surface area contributed by atoms with Gasteiger partial charge < -0.3 is 0 Å². The van der Waals surface area contributed by atoms with E-state index in [0.717, 1.165) is 11.1 Å². The highest BCUT2D eigenvalue weighted by Crippen LogP contribution is 2.28. The molecule has 0 aliphatic heterocycles. The van der Waals surface area contributed by atoms with Crippen molar-refractivity contribution in [1.82, 2.24) is 0 Å². The van der Waals surface area contributed by atoms with Crippen LogP contribution in [-0.4, -0.2) is 4.92 Å². The van der Waals surface area contributed by atoms with Crippen molar-refractivity contribution in [3.05, 3.63) is 38.4 Å². The maximum Gasteiger partial charge on any atom is 0.288 e. The molecule has 3 nitrogen and oxygen atoms in total. The van der Waals surface area contributed by atoms with Crippen LogP contribution in [0.4, 0.5) is 5.69 Å². The van der Waals surface area contributed by atoms with Crippen molar-refractivity contribution < 1.29 is 4.92 Å². The van der Waals surface area contributed by atoms with Gasteiger partial charge in [0, 0.05) is 11.9 Å². The molecule has 1 aromatic carbocycles. The Hall–Kier alpha value is -0.800. The van der Waals surface area contributed by atoms with Crippen LogP contribution in [0.2, 0.25) is 5.02 Å². The number of rotatable bonds is 2. The molecule has 1 aromatic rings. The Morgan fingerprint density at radius 1 is 1.54 bits per heavy atom. The molecule has 0 aliphatic carbocycles. The van der Waals surface area contributed by atoms with Crippen LogP contribution in [0.5, 0.6) is 0 Å². The number of nitro benzene ring substituents is 1. The van der Waals surface area contributed by atoms with E-state index < -0.39 is 4.92 Å². The van der Waals surface area contributed by atoms with E-state index in [-0.39, 0.29) is 10.7 Å². The minimum Gasteiger partial charge on any atom is -0.258 e. The average Bonchev–Trinajstić information content (AvgIpc) is 2.07. The van der Waals surface area contributed by atoms with E-state index in [1.165, 1.54) is 12.1 Å². The molecule has 0 heterocycles. The predicted octanol–water partition coefficient (Wildman–Crippen LogP) is 3.30. The van der Waals surface area contributed by atoms with E-state index in [4.69, 9.17) is 23.2 Å². The van der Waals surface area contributed by atoms with Crippen LogP contribution in [0.1, 0.15) is 11.1 Å². The molecule has 0 spiro atoms. The van der Waals surface area contributed by atoms with Gasteiger partial charge >= 0.3 is 0 Å². The monoisotopic (exact) mass is 219 g/mol. The van der Waals surface area contributed by atoms with Crippen molar-refractivity contribution in [3.63, 3.8) is 0 Å². The minimum atomic E-state index is -0.507. The summed E-state index contributed by atoms with van der Waals surface area (Å²) in [6.07, 6.45) is 0. The highest BCUT2D eigenvalue weighted by atomic mass is 35.5. The first-order valence-electron chi connectivity index (χ1n) is 3.55. The number of aryl methyl sites for hydroxylation is 1. The Kier molecular flexibility index (Phi) is 3.12. The molecule has 0 N–H and O–H groups in total. The van der Waals surface area contributed by atoms with Gasteiger partial charge in [0.15, 0.2) is 0 Å². The first kappa shape index (κ1) is 10.3. The van der Waals surface area contributed by atoms with E-state index in [2.05, 4.69) is 0 Å². The molecule has 0 aliphatic rings. The van der Waals surface area contributed by atoms with E-state index in [0.29, 0.717) is 5.88 Å². The Labute approximate surface area is 85.4 Å². The predicted molar refractivity (Wildman–Crippen MR) is 52.4 cm³/mol. The molecule has 70 valence electrons. The molecule has 0 fully saturated rings. The van der Waals surface area contributed by atoms with Gasteiger partial charge in [0.25, 0.3) is 5.69 Å². The van der Waals surface area contributed by atoms with Gasteiger partial charge in [-0.25, -0.2) is 0 Å². The number of benzene rings is 1. The molecule has 0 bridgehead atoms. The highest BCUT2D eigenvalue weighted by Gasteiger charge is 2.14. The topological polar surface area (TPSA) is 43.1 Å². The summed E-state index contributed by atoms with van der Waals surface area (Å²) in [5.74, 6) is 0.309. The van der Waals surface area contributed by atoms with Crippen molar-refractivity contribution in [2.24, 2.45) is 0 Å². The summed E-state index contributed by atoms with van der Waals surface area (Å²) in [6.45, 7) is 1.76. The van der Waals surface area contributed by atoms with Gasteiger partial charge in [-0.2, -0.15) is 0 Å². The molecule has 0 saturated carbocycles. The van der Waals surface area contributed by atoms with Gasteiger partial charge in [-0.1, -0.05) is 11.6 Å². The second-order valence-corrected chi connectivity index (χ2v) is 3.30. The summed E-state index contributed by atoms with van der Waals surface area (Å²) >= 11 is 11.3. The lowest BCUT2D eigenvalue weighted by atomic mass is 10.1. The fraction of sp³-hybridized carbons (Fsp3) is 0.250. The standard InChI is InChI=1S/C8H7Cl2NO2/c1-5-2-8(11(12)13)7(10)3-6(5)4-9/h2-3H,4H2,1H3. The Morgan fingerprint density at radius 3 is 2.62 bits per heavy atom. The number of nitrogens with zero attached hydrogens (tertiary/aromatic N) is 1. The third kappa shape index (κ3) is 2.11. The molecular weight excluding hydrogens is 213 g/mol. The number of nitro groups is 1. The summed E-state index contributed by atoms with van der Waals surface area (Å²) in [6, 6.07) is 2.96. The van der Waals surface area contributed by atoms with Crippen LogP contribution in [0, 0.1) is 17.0 Å². The van der Waals surface area contributed by atoms with Crippen LogP contribution in [0.3, 0.4) is 0 Å². The first-order chi connectivity index (χ1) is 6.06. The van der Waals surface area contributed by atoms with Crippen LogP contribution < -0.4 is 0 Å². The molecular formula is C8H7Cl2NO2. The van der Waals surface area contributed by atoms with Gasteiger partial charge in [-0.15, -0.1) is 11.6 Å². The lowest BCUT2D eigenvalue weighted by Crippen LogP contribution is -1.93. The van der Waals surface area contributed by atoms with Crippen molar-refractivity contribution in [2.45, 2.75) is 12.8 Å². The second kappa shape index (κ2) is 3.94. The van der Waals surface area contributed by atoms with E-state index in [9.17, 15) is 10.1 Å². The maximum absolute atomic E-state index is 10.5. The number of hydrogen-bond donors (Lipinski definition) is 0. The van der Waals surface area contributed by atoms with Crippen LogP contribution in [0.15, 0.2) is 12.1 Å². The Balaban J connectivity index is 3.28. The molecule has 13 heavy (non-hydrogen) atoms. The molecule has 0 atom stereocenters. The van der Waals surface area contributed by atoms with Crippen molar-refractivity contribution >= 4 is 28.9 Å². The number of hydrogen-bond acceptors (Lipinski definition) is 2. The first-order valence-corrected chi connectivity index (χ1v) is 4.47. The zero-order chi connectivity index (χ0) is 10.0. The SMILES string of the molecule is Cc1cc([N+](=O)[O-])c(Cl)cc1CCl. The third-order valence-electron chi connectivity index (χ3n) is 1.75. The molecule has 0 aromatic heterocycles. The van der Waals surface area contributed by atoms with Gasteiger partial charge in [-0.3, -0.25) is 10.1 Å². The van der Waals surface area contributed by atoms with Gasteiger partial charge in [0.05, 0.1) is 4.92 Å². The molecule has 5 heteroatoms. The quantitative estimate of drug-likeness (QED) is 0.436. The Morgan fingerprint density at radius 2 is 2.15 bits per heavy atom. The van der Waals surface area contributed by atoms with Gasteiger partial charge in [0.1, 0.15) is 5.02 Å². The van der Waals surface area contributed by atoms with Gasteiger partial charge in [0.2, 0.25) is 0 Å². The number of halogens is 2. The van der Waals surface area contributed by atoms with Crippen molar-refractivity contribution in [1.29, 1.82) is 0 Å². The molecule has 0 saturated heterocycles. The second-order valence-electron chi connectivity index (χ2n) is 2.62. The zero-order valence-electron chi connectivity index (χ0n) is 6.88. The summed E-state index contributed by atoms with van der Waals surface area (Å²) in [7, 11) is 0. The number of alkyl halides is 1. The molecule has 0 amide bonds. The normalized spacial score (nSPS) is 10.1. The van der Waals surface area contributed by atoms with Crippen LogP contribution >= 0.6 is 23.2 Å². The largest absolute Gasteiger partial charge is 0.288 e. The maximum atomic E-state index is 10.5. The summed E-state index contributed by atoms with van der Waals surface area (Å²) in [4.78, 5) is 9.96. The van der Waals surface area contributed by atoms with Crippen LogP contribution in [-0.2, 0) is 5.88 Å². The summed E-state index contributed by atoms with van der Waals surface area (Å²) in [5, 5.41) is 10.6. The lowest BCUT2D eigenvalue weighted by Gasteiger charge is -2.02. The zero-order valence-corrected chi connectivity index (χ0v) is 8.39. The Bertz CT molecular complexity index is 352. The fourth-order valence-electron chi connectivity index (χ4n) is 0.991. The minimum absolute atomic E-state index is 0.0759. The van der Waals surface area contributed by atoms with E-state index in [1.54, 1.807) is 6.92 Å². The molecule has 0 unspecified atom stereocenters. The summed E-state index contributed by atoms with van der Waals surface area (Å²) < 4.78 is 0. The average molecular weight is 220 g/mol. The fourth-order valence-corrected chi connectivity index (χ4v) is 1.53. The molecule has 0 radical (unpaired) electrons. The van der Waals surface area contributed by atoms with Crippen molar-refractivity contribution in [2.75, 3.05) is 0 Å². The van der Waals surface area contributed by atoms with E-state index >= 15 is 0 Å². The van der Waals surface area contributed by atoms with E-state index in [1.807, 2.05) is 0 Å². The highest BCUT2D eigenvalue weighted by molar-refractivity contribution is 6.32. The van der Waals surface area contributed by atoms with Crippen LogP contribution in [0.25, 0.3) is 0 Å². The van der Waals surface area contributed by atoms with Crippen molar-refractivity contribution in [3.8, 4) is 0 Å². The lowest BCUT2D eigenvalue weighted by molar-refractivity contribution is -0.384. The smallest absolute Gasteiger partial charge is 0.258 e.